The van der Waals surface area contributed by atoms with Crippen LogP contribution in [0.25, 0.3) is 0 Å². The van der Waals surface area contributed by atoms with E-state index in [0.29, 0.717) is 54.3 Å². The number of esters is 2. The van der Waals surface area contributed by atoms with Crippen molar-refractivity contribution in [2.24, 2.45) is 32.0 Å². The van der Waals surface area contributed by atoms with Crippen LogP contribution < -0.4 is 5.32 Å². The molecule has 2 amide bonds. The topological polar surface area (TPSA) is 130 Å². The van der Waals surface area contributed by atoms with Crippen molar-refractivity contribution in [2.75, 3.05) is 14.2 Å². The molecule has 2 spiro atoms. The Morgan fingerprint density at radius 2 is 1.07 bits per heavy atom. The third kappa shape index (κ3) is 13.1. The van der Waals surface area contributed by atoms with Crippen LogP contribution in [0.4, 0.5) is 0 Å². The Bertz CT molecular complexity index is 2590. The zero-order valence-corrected chi connectivity index (χ0v) is 47.3. The van der Waals surface area contributed by atoms with Gasteiger partial charge in [-0.05, 0) is 165 Å². The minimum atomic E-state index is -0.622. The summed E-state index contributed by atoms with van der Waals surface area (Å²) in [5.74, 6) is 0.296. The second-order valence-electron chi connectivity index (χ2n) is 21.8. The van der Waals surface area contributed by atoms with E-state index in [9.17, 15) is 19.2 Å². The molecule has 3 atom stereocenters. The summed E-state index contributed by atoms with van der Waals surface area (Å²) >= 11 is 28.3. The van der Waals surface area contributed by atoms with Crippen LogP contribution >= 0.6 is 59.2 Å². The second kappa shape index (κ2) is 23.8. The van der Waals surface area contributed by atoms with E-state index in [1.807, 2.05) is 53.1 Å². The molecule has 2 heterocycles. The van der Waals surface area contributed by atoms with Crippen molar-refractivity contribution in [3.8, 4) is 0 Å². The fraction of sp³-hybridized carbons (Fsp3) is 0.482. The summed E-state index contributed by atoms with van der Waals surface area (Å²) in [6.07, 6.45) is 7.40. The molecule has 2 saturated carbocycles. The van der Waals surface area contributed by atoms with Crippen LogP contribution in [0.3, 0.4) is 0 Å². The summed E-state index contributed by atoms with van der Waals surface area (Å²) in [6.45, 7) is 17.8. The van der Waals surface area contributed by atoms with E-state index in [-0.39, 0.29) is 46.7 Å². The number of thiol groups is 1. The molecule has 4 aromatic carbocycles. The Hall–Kier alpha value is -4.24. The van der Waals surface area contributed by atoms with Crippen molar-refractivity contribution in [1.29, 1.82) is 0 Å². The number of hydrogen-bond acceptors (Lipinski definition) is 10. The predicted octanol–water partition coefficient (Wildman–Crippen LogP) is 14.2. The van der Waals surface area contributed by atoms with Crippen molar-refractivity contribution in [1.82, 2.24) is 15.1 Å². The molecular weight excluding hydrogens is 1020 g/mol. The quantitative estimate of drug-likeness (QED) is 0.102. The number of aliphatic imine (C=N–C) groups is 1. The number of halogens is 4. The minimum absolute atomic E-state index is 0.0158. The number of benzene rings is 4. The molecule has 1 N–H and O–H groups in total. The predicted molar refractivity (Wildman–Crippen MR) is 297 cm³/mol. The van der Waals surface area contributed by atoms with Crippen LogP contribution in [0, 0.1) is 22.7 Å². The number of rotatable bonds is 8. The molecule has 1 unspecified atom stereocenters. The fourth-order valence-corrected chi connectivity index (χ4v) is 12.4. The van der Waals surface area contributed by atoms with Crippen LogP contribution in [0.1, 0.15) is 168 Å². The molecule has 4 aliphatic rings. The monoisotopic (exact) mass is 1090 g/mol. The van der Waals surface area contributed by atoms with Gasteiger partial charge in [-0.1, -0.05) is 112 Å². The Labute approximate surface area is 458 Å². The summed E-state index contributed by atoms with van der Waals surface area (Å²) in [5, 5.41) is 5.69. The molecule has 4 aromatic rings. The molecule has 73 heavy (non-hydrogen) atoms. The Kier molecular flexibility index (Phi) is 18.9. The van der Waals surface area contributed by atoms with Crippen molar-refractivity contribution < 1.29 is 28.7 Å². The van der Waals surface area contributed by atoms with E-state index < -0.39 is 17.4 Å². The maximum atomic E-state index is 14.0. The number of hydrogen-bond donors (Lipinski definition) is 2. The van der Waals surface area contributed by atoms with Crippen molar-refractivity contribution in [3.05, 3.63) is 138 Å². The summed E-state index contributed by atoms with van der Waals surface area (Å²) < 4.78 is 12.3. The number of carbonyl (C=O) groups excluding carboxylic acids is 4. The van der Waals surface area contributed by atoms with E-state index in [1.165, 1.54) is 14.2 Å². The van der Waals surface area contributed by atoms with E-state index in [1.54, 1.807) is 48.5 Å². The average Bonchev–Trinajstić information content (AvgIpc) is 3.78. The molecule has 2 aliphatic carbocycles. The summed E-state index contributed by atoms with van der Waals surface area (Å²) in [6, 6.07) is 24.1. The summed E-state index contributed by atoms with van der Waals surface area (Å²) in [5.41, 5.74) is 4.04. The number of nitrogens with one attached hydrogen (secondary N) is 1. The number of amides is 2. The molecule has 17 heteroatoms. The summed E-state index contributed by atoms with van der Waals surface area (Å²) in [7, 11) is 7.07. The zero-order valence-electron chi connectivity index (χ0n) is 43.4. The molecule has 8 rings (SSSR count). The molecule has 11 nitrogen and oxygen atoms in total. The maximum absolute atomic E-state index is 14.0. The van der Waals surface area contributed by atoms with Crippen LogP contribution in [0.5, 0.6) is 0 Å². The van der Waals surface area contributed by atoms with Crippen molar-refractivity contribution >= 4 is 96.3 Å². The first-order chi connectivity index (χ1) is 34.3. The van der Waals surface area contributed by atoms with Gasteiger partial charge in [0.05, 0.1) is 43.1 Å². The average molecular weight is 1090 g/mol. The molecule has 0 bridgehead atoms. The van der Waals surface area contributed by atoms with Crippen molar-refractivity contribution in [3.63, 3.8) is 0 Å². The van der Waals surface area contributed by atoms with Gasteiger partial charge in [-0.15, -0.1) is 0 Å². The van der Waals surface area contributed by atoms with E-state index in [4.69, 9.17) is 60.9 Å². The first-order valence-corrected chi connectivity index (χ1v) is 26.6. The van der Waals surface area contributed by atoms with E-state index in [2.05, 4.69) is 78.5 Å². The molecule has 389 valence electrons. The fourth-order valence-electron chi connectivity index (χ4n) is 11.3. The molecule has 3 fully saturated rings. The van der Waals surface area contributed by atoms with Crippen LogP contribution in [0.15, 0.2) is 94.2 Å². The molecular formula is C56H67BCl4N5O6S. The van der Waals surface area contributed by atoms with Gasteiger partial charge in [0.2, 0.25) is 5.91 Å². The van der Waals surface area contributed by atoms with Gasteiger partial charge in [-0.25, -0.2) is 9.59 Å². The third-order valence-electron chi connectivity index (χ3n) is 15.4. The van der Waals surface area contributed by atoms with Crippen LogP contribution in [-0.2, 0) is 19.1 Å². The number of ether oxygens (including phenoxy) is 2. The SMILES string of the molecule is COC(=O)c1ccc([C@@H](C)N2C(=O)C(c3cc(Cl)cc(Cl)c3)=NC23CCC(C(C)(C)C)CC3)cc1.COC(=O)c1ccc([C@@H](C)N2C(=O)C(c3cc(Cl)cc(Cl)c3)NC23CCC(C(C)(C)C)CC3)cc1.[B]=NS. The van der Waals surface area contributed by atoms with Gasteiger partial charge in [0, 0.05) is 25.7 Å². The normalized spacial score (nSPS) is 23.7. The molecule has 0 aromatic heterocycles. The molecule has 1 saturated heterocycles. The Morgan fingerprint density at radius 1 is 0.685 bits per heavy atom. The Morgan fingerprint density at radius 3 is 1.47 bits per heavy atom. The first-order valence-electron chi connectivity index (χ1n) is 24.7. The van der Waals surface area contributed by atoms with Gasteiger partial charge in [-0.2, -0.15) is 0 Å². The van der Waals surface area contributed by atoms with E-state index in [0.717, 1.165) is 68.1 Å². The van der Waals surface area contributed by atoms with Gasteiger partial charge < -0.3 is 19.3 Å². The van der Waals surface area contributed by atoms with Gasteiger partial charge in [-0.3, -0.25) is 19.9 Å². The number of carbonyl (C=O) groups is 4. The van der Waals surface area contributed by atoms with E-state index >= 15 is 0 Å². The third-order valence-corrected chi connectivity index (χ3v) is 16.2. The second-order valence-corrected chi connectivity index (χ2v) is 23.7. The Balaban J connectivity index is 0.000000226. The standard InChI is InChI=1S/C28H34Cl2N2O3.C28H32Cl2N2O3.BHNS/c2*1-17(18-6-8-19(9-7-18)26(34)35-5)32-25(33)24(20-14-22(29)16-23(30)15-20)31-28(32)12-10-21(11-13-28)27(2,3)4;1-2-3/h6-9,14-17,21,24,31H,10-13H2,1-5H3;6-9,14-17,21H,10-13H2,1-5H3;3H/t17-,21?,24?,28?;17-,21?,28?;/m11./s1. The summed E-state index contributed by atoms with van der Waals surface area (Å²) in [4.78, 5) is 60.8. The molecule has 2 aliphatic heterocycles. The van der Waals surface area contributed by atoms with Gasteiger partial charge >= 0.3 is 36.7 Å². The zero-order chi connectivity index (χ0) is 53.8. The van der Waals surface area contributed by atoms with Crippen LogP contribution in [-0.4, -0.2) is 72.4 Å². The van der Waals surface area contributed by atoms with Crippen molar-refractivity contribution in [2.45, 2.75) is 136 Å². The van der Waals surface area contributed by atoms with Crippen LogP contribution in [0.2, 0.25) is 20.1 Å². The number of nitrogens with zero attached hydrogens (tertiary/aromatic N) is 4. The van der Waals surface area contributed by atoms with Gasteiger partial charge in [0.25, 0.3) is 5.91 Å². The van der Waals surface area contributed by atoms with Gasteiger partial charge in [0.15, 0.2) is 0 Å². The first kappa shape index (κ1) is 58.0. The van der Waals surface area contributed by atoms with Gasteiger partial charge in [0.1, 0.15) is 17.4 Å². The molecule has 1 radical (unpaired) electrons. The number of methoxy groups -OCH3 is 2.